The highest BCUT2D eigenvalue weighted by molar-refractivity contribution is 5.49. The number of rotatable bonds is 7. The molecule has 150 valence electrons. The number of hydrogen-bond donors (Lipinski definition) is 1. The van der Waals surface area contributed by atoms with Crippen LogP contribution >= 0.6 is 0 Å². The van der Waals surface area contributed by atoms with Crippen LogP contribution in [-0.4, -0.2) is 48.2 Å². The minimum atomic E-state index is 0.658. The quantitative estimate of drug-likeness (QED) is 0.668. The van der Waals surface area contributed by atoms with Gasteiger partial charge in [0, 0.05) is 50.9 Å². The maximum atomic E-state index is 5.42. The molecule has 2 heterocycles. The predicted molar refractivity (Wildman–Crippen MR) is 116 cm³/mol. The largest absolute Gasteiger partial charge is 0.496 e. The first-order chi connectivity index (χ1) is 14.3. The number of methoxy groups -OCH3 is 1. The average Bonchev–Trinajstić information content (AvgIpc) is 2.79. The Labute approximate surface area is 172 Å². The smallest absolute Gasteiger partial charge is 0.134 e. The summed E-state index contributed by atoms with van der Waals surface area (Å²) in [6.45, 7) is 5.66. The monoisotopic (exact) mass is 389 g/mol. The summed E-state index contributed by atoms with van der Waals surface area (Å²) in [7, 11) is 1.69. The molecule has 0 unspecified atom stereocenters. The van der Waals surface area contributed by atoms with Gasteiger partial charge in [0.05, 0.1) is 7.11 Å². The van der Waals surface area contributed by atoms with E-state index in [2.05, 4.69) is 61.5 Å². The minimum absolute atomic E-state index is 0.658. The van der Waals surface area contributed by atoms with Gasteiger partial charge in [0.2, 0.25) is 0 Å². The van der Waals surface area contributed by atoms with Crippen molar-refractivity contribution < 1.29 is 4.74 Å². The molecule has 0 spiro atoms. The molecule has 6 heteroatoms. The zero-order chi connectivity index (χ0) is 19.9. The molecule has 0 aliphatic carbocycles. The van der Waals surface area contributed by atoms with Crippen molar-refractivity contribution in [1.82, 2.24) is 14.9 Å². The molecule has 1 aliphatic heterocycles. The van der Waals surface area contributed by atoms with Gasteiger partial charge in [-0.25, -0.2) is 9.97 Å². The molecule has 6 nitrogen and oxygen atoms in total. The molecule has 0 amide bonds. The molecule has 0 radical (unpaired) electrons. The third-order valence-corrected chi connectivity index (χ3v) is 5.25. The highest BCUT2D eigenvalue weighted by Gasteiger charge is 2.18. The van der Waals surface area contributed by atoms with E-state index in [1.807, 2.05) is 24.3 Å². The number of ether oxygens (including phenoxy) is 1. The van der Waals surface area contributed by atoms with E-state index in [0.717, 1.165) is 55.7 Å². The second-order valence-electron chi connectivity index (χ2n) is 7.18. The number of para-hydroxylation sites is 1. The molecule has 1 saturated heterocycles. The van der Waals surface area contributed by atoms with Gasteiger partial charge in [-0.2, -0.15) is 0 Å². The summed E-state index contributed by atoms with van der Waals surface area (Å²) in [5, 5.41) is 3.39. The van der Waals surface area contributed by atoms with Gasteiger partial charge in [0.25, 0.3) is 0 Å². The summed E-state index contributed by atoms with van der Waals surface area (Å²) >= 11 is 0. The van der Waals surface area contributed by atoms with Crippen LogP contribution in [0.1, 0.15) is 11.1 Å². The Morgan fingerprint density at radius 2 is 1.69 bits per heavy atom. The van der Waals surface area contributed by atoms with Crippen LogP contribution in [0.5, 0.6) is 5.75 Å². The zero-order valence-corrected chi connectivity index (χ0v) is 16.8. The molecule has 1 aliphatic rings. The maximum absolute atomic E-state index is 5.42. The fraction of sp³-hybridized carbons (Fsp3) is 0.304. The number of benzene rings is 2. The SMILES string of the molecule is COc1ccccc1CNc1cc(N2CCN(Cc3ccccc3)CC2)ncn1. The van der Waals surface area contributed by atoms with Crippen molar-refractivity contribution >= 4 is 11.6 Å². The van der Waals surface area contributed by atoms with E-state index in [1.165, 1.54) is 5.56 Å². The van der Waals surface area contributed by atoms with Crippen molar-refractivity contribution in [3.63, 3.8) is 0 Å². The molecule has 4 rings (SSSR count). The summed E-state index contributed by atoms with van der Waals surface area (Å²) in [6.07, 6.45) is 1.64. The van der Waals surface area contributed by atoms with Crippen LogP contribution in [0.2, 0.25) is 0 Å². The summed E-state index contributed by atoms with van der Waals surface area (Å²) in [5.41, 5.74) is 2.47. The highest BCUT2D eigenvalue weighted by Crippen LogP contribution is 2.20. The van der Waals surface area contributed by atoms with E-state index < -0.39 is 0 Å². The lowest BCUT2D eigenvalue weighted by Gasteiger charge is -2.35. The van der Waals surface area contributed by atoms with E-state index >= 15 is 0 Å². The van der Waals surface area contributed by atoms with E-state index in [9.17, 15) is 0 Å². The number of nitrogens with zero attached hydrogens (tertiary/aromatic N) is 4. The molecule has 29 heavy (non-hydrogen) atoms. The molecule has 3 aromatic rings. The van der Waals surface area contributed by atoms with Gasteiger partial charge in [-0.3, -0.25) is 4.90 Å². The van der Waals surface area contributed by atoms with Gasteiger partial charge in [-0.05, 0) is 11.6 Å². The van der Waals surface area contributed by atoms with Crippen molar-refractivity contribution in [2.24, 2.45) is 0 Å². The highest BCUT2D eigenvalue weighted by atomic mass is 16.5. The Morgan fingerprint density at radius 1 is 0.931 bits per heavy atom. The Bertz CT molecular complexity index is 910. The molecule has 2 aromatic carbocycles. The van der Waals surface area contributed by atoms with Gasteiger partial charge in [0.15, 0.2) is 0 Å². The molecule has 1 fully saturated rings. The normalized spacial score (nSPS) is 14.6. The molecular formula is C23H27N5O. The maximum Gasteiger partial charge on any atom is 0.134 e. The van der Waals surface area contributed by atoms with Crippen LogP contribution in [0.4, 0.5) is 11.6 Å². The van der Waals surface area contributed by atoms with E-state index in [1.54, 1.807) is 13.4 Å². The summed E-state index contributed by atoms with van der Waals surface area (Å²) in [5.74, 6) is 2.68. The molecule has 0 bridgehead atoms. The van der Waals surface area contributed by atoms with E-state index in [4.69, 9.17) is 4.74 Å². The molecule has 1 N–H and O–H groups in total. The molecule has 1 aromatic heterocycles. The van der Waals surface area contributed by atoms with Crippen LogP contribution in [0.25, 0.3) is 0 Å². The van der Waals surface area contributed by atoms with Crippen molar-refractivity contribution in [2.75, 3.05) is 43.5 Å². The zero-order valence-electron chi connectivity index (χ0n) is 16.8. The van der Waals surface area contributed by atoms with Crippen LogP contribution < -0.4 is 15.0 Å². The summed E-state index contributed by atoms with van der Waals surface area (Å²) in [6, 6.07) is 20.7. The Hall–Kier alpha value is -3.12. The van der Waals surface area contributed by atoms with Crippen molar-refractivity contribution in [2.45, 2.75) is 13.1 Å². The van der Waals surface area contributed by atoms with Crippen LogP contribution in [0, 0.1) is 0 Å². The number of aromatic nitrogens is 2. The van der Waals surface area contributed by atoms with E-state index in [-0.39, 0.29) is 0 Å². The first-order valence-electron chi connectivity index (χ1n) is 10.0. The number of piperazine rings is 1. The summed E-state index contributed by atoms with van der Waals surface area (Å²) < 4.78 is 5.42. The second kappa shape index (κ2) is 9.39. The third-order valence-electron chi connectivity index (χ3n) is 5.25. The van der Waals surface area contributed by atoms with Crippen LogP contribution in [0.3, 0.4) is 0 Å². The molecule has 0 saturated carbocycles. The number of nitrogens with one attached hydrogen (secondary N) is 1. The standard InChI is InChI=1S/C23H27N5O/c1-29-21-10-6-5-9-20(21)16-24-22-15-23(26-18-25-22)28-13-11-27(12-14-28)17-19-7-3-2-4-8-19/h2-10,15,18H,11-14,16-17H2,1H3,(H,24,25,26). The van der Waals surface area contributed by atoms with Gasteiger partial charge in [-0.15, -0.1) is 0 Å². The Balaban J connectivity index is 1.33. The molecular weight excluding hydrogens is 362 g/mol. The third kappa shape index (κ3) is 5.03. The number of hydrogen-bond acceptors (Lipinski definition) is 6. The minimum Gasteiger partial charge on any atom is -0.496 e. The topological polar surface area (TPSA) is 53.5 Å². The number of anilines is 2. The van der Waals surface area contributed by atoms with Crippen LogP contribution in [0.15, 0.2) is 67.0 Å². The predicted octanol–water partition coefficient (Wildman–Crippen LogP) is 3.42. The second-order valence-corrected chi connectivity index (χ2v) is 7.18. The van der Waals surface area contributed by atoms with Crippen molar-refractivity contribution in [3.05, 3.63) is 78.1 Å². The summed E-state index contributed by atoms with van der Waals surface area (Å²) in [4.78, 5) is 13.7. The lowest BCUT2D eigenvalue weighted by Crippen LogP contribution is -2.46. The fourth-order valence-electron chi connectivity index (χ4n) is 3.63. The van der Waals surface area contributed by atoms with Gasteiger partial charge >= 0.3 is 0 Å². The molecule has 0 atom stereocenters. The fourth-order valence-corrected chi connectivity index (χ4v) is 3.63. The Morgan fingerprint density at radius 3 is 2.48 bits per heavy atom. The van der Waals surface area contributed by atoms with Gasteiger partial charge < -0.3 is 15.0 Å². The van der Waals surface area contributed by atoms with Crippen LogP contribution in [-0.2, 0) is 13.1 Å². The lowest BCUT2D eigenvalue weighted by molar-refractivity contribution is 0.249. The van der Waals surface area contributed by atoms with Crippen molar-refractivity contribution in [1.29, 1.82) is 0 Å². The van der Waals surface area contributed by atoms with Gasteiger partial charge in [-0.1, -0.05) is 48.5 Å². The van der Waals surface area contributed by atoms with Gasteiger partial charge in [0.1, 0.15) is 23.7 Å². The van der Waals surface area contributed by atoms with Crippen molar-refractivity contribution in [3.8, 4) is 5.75 Å². The Kier molecular flexibility index (Phi) is 6.22. The lowest BCUT2D eigenvalue weighted by atomic mass is 10.2. The average molecular weight is 390 g/mol. The first-order valence-corrected chi connectivity index (χ1v) is 10.0. The van der Waals surface area contributed by atoms with E-state index in [0.29, 0.717) is 6.54 Å². The first kappa shape index (κ1) is 19.2.